The summed E-state index contributed by atoms with van der Waals surface area (Å²) in [5, 5.41) is 7.56. The predicted octanol–water partition coefficient (Wildman–Crippen LogP) is 1.99. The summed E-state index contributed by atoms with van der Waals surface area (Å²) >= 11 is 0. The fraction of sp³-hybridized carbons (Fsp3) is 0.538. The van der Waals surface area contributed by atoms with Crippen LogP contribution < -0.4 is 10.6 Å². The molecule has 1 unspecified atom stereocenters. The molecule has 1 aliphatic heterocycles. The van der Waals surface area contributed by atoms with E-state index in [0.29, 0.717) is 5.69 Å². The Kier molecular flexibility index (Phi) is 3.61. The summed E-state index contributed by atoms with van der Waals surface area (Å²) in [5.41, 5.74) is 7.20. The smallest absolute Gasteiger partial charge is 0.143 e. The van der Waals surface area contributed by atoms with Crippen LogP contribution in [0.2, 0.25) is 0 Å². The van der Waals surface area contributed by atoms with Crippen molar-refractivity contribution in [1.82, 2.24) is 4.98 Å². The van der Waals surface area contributed by atoms with E-state index in [2.05, 4.69) is 16.8 Å². The number of rotatable bonds is 4. The van der Waals surface area contributed by atoms with Gasteiger partial charge in [-0.15, -0.1) is 0 Å². The van der Waals surface area contributed by atoms with E-state index < -0.39 is 0 Å². The van der Waals surface area contributed by atoms with Gasteiger partial charge in [-0.05, 0) is 30.9 Å². The van der Waals surface area contributed by atoms with Crippen molar-refractivity contribution in [3.8, 4) is 0 Å². The van der Waals surface area contributed by atoms with Crippen molar-refractivity contribution in [1.29, 1.82) is 5.41 Å². The zero-order valence-electron chi connectivity index (χ0n) is 10.3. The lowest BCUT2D eigenvalue weighted by molar-refractivity contribution is 0.530. The van der Waals surface area contributed by atoms with Crippen molar-refractivity contribution in [3.05, 3.63) is 24.0 Å². The van der Waals surface area contributed by atoms with E-state index in [-0.39, 0.29) is 5.84 Å². The third-order valence-electron chi connectivity index (χ3n) is 3.36. The Morgan fingerprint density at radius 1 is 1.65 bits per heavy atom. The van der Waals surface area contributed by atoms with Crippen LogP contribution in [0.5, 0.6) is 0 Å². The molecule has 2 heterocycles. The number of nitrogen functional groups attached to an aromatic ring is 1. The van der Waals surface area contributed by atoms with Crippen LogP contribution in [0.4, 0.5) is 5.69 Å². The fourth-order valence-electron chi connectivity index (χ4n) is 2.55. The lowest BCUT2D eigenvalue weighted by atomic mass is 10.0. The number of nitrogens with zero attached hydrogens (tertiary/aromatic N) is 2. The van der Waals surface area contributed by atoms with Gasteiger partial charge in [0.2, 0.25) is 0 Å². The first-order valence-electron chi connectivity index (χ1n) is 6.26. The highest BCUT2D eigenvalue weighted by Gasteiger charge is 2.24. The number of nitrogens with one attached hydrogen (secondary N) is 1. The first-order valence-corrected chi connectivity index (χ1v) is 6.26. The second-order valence-electron chi connectivity index (χ2n) is 4.67. The van der Waals surface area contributed by atoms with Crippen LogP contribution in [0, 0.1) is 11.3 Å². The molecule has 0 radical (unpaired) electrons. The van der Waals surface area contributed by atoms with E-state index in [1.54, 1.807) is 6.20 Å². The lowest BCUT2D eigenvalue weighted by Gasteiger charge is -2.20. The van der Waals surface area contributed by atoms with Crippen molar-refractivity contribution in [2.75, 3.05) is 18.0 Å². The third kappa shape index (κ3) is 2.57. The molecule has 1 saturated heterocycles. The van der Waals surface area contributed by atoms with Gasteiger partial charge in [-0.3, -0.25) is 10.4 Å². The normalized spacial score (nSPS) is 19.6. The standard InChI is InChI=1S/C13H20N4/c1-2-4-10-6-8-17(9-10)11-5-3-7-16-12(11)13(14)15/h3,5,7,10H,2,4,6,8-9H2,1H3,(H3,14,15). The topological polar surface area (TPSA) is 66.0 Å². The summed E-state index contributed by atoms with van der Waals surface area (Å²) in [6, 6.07) is 3.92. The maximum Gasteiger partial charge on any atom is 0.143 e. The number of nitrogens with two attached hydrogens (primary N) is 1. The van der Waals surface area contributed by atoms with Gasteiger partial charge < -0.3 is 10.6 Å². The lowest BCUT2D eigenvalue weighted by Crippen LogP contribution is -2.25. The third-order valence-corrected chi connectivity index (χ3v) is 3.36. The maximum atomic E-state index is 7.56. The number of hydrogen-bond donors (Lipinski definition) is 2. The largest absolute Gasteiger partial charge is 0.382 e. The first-order chi connectivity index (χ1) is 8.22. The highest BCUT2D eigenvalue weighted by Crippen LogP contribution is 2.27. The molecule has 92 valence electrons. The fourth-order valence-corrected chi connectivity index (χ4v) is 2.55. The van der Waals surface area contributed by atoms with Gasteiger partial charge in [-0.1, -0.05) is 13.3 Å². The highest BCUT2D eigenvalue weighted by molar-refractivity contribution is 5.98. The quantitative estimate of drug-likeness (QED) is 0.616. The zero-order chi connectivity index (χ0) is 12.3. The van der Waals surface area contributed by atoms with Gasteiger partial charge in [0.05, 0.1) is 5.69 Å². The Morgan fingerprint density at radius 3 is 3.18 bits per heavy atom. The maximum absolute atomic E-state index is 7.56. The van der Waals surface area contributed by atoms with E-state index in [1.807, 2.05) is 12.1 Å². The van der Waals surface area contributed by atoms with Crippen molar-refractivity contribution in [3.63, 3.8) is 0 Å². The van der Waals surface area contributed by atoms with Crippen LogP contribution >= 0.6 is 0 Å². The Morgan fingerprint density at radius 2 is 2.47 bits per heavy atom. The minimum atomic E-state index is 0.0551. The van der Waals surface area contributed by atoms with Gasteiger partial charge in [0.1, 0.15) is 11.5 Å². The van der Waals surface area contributed by atoms with Crippen LogP contribution in [0.3, 0.4) is 0 Å². The van der Waals surface area contributed by atoms with Gasteiger partial charge in [0.15, 0.2) is 0 Å². The van der Waals surface area contributed by atoms with E-state index in [4.69, 9.17) is 11.1 Å². The molecule has 0 saturated carbocycles. The molecule has 0 aliphatic carbocycles. The molecule has 0 bridgehead atoms. The molecule has 1 atom stereocenters. The van der Waals surface area contributed by atoms with Gasteiger partial charge in [-0.2, -0.15) is 0 Å². The van der Waals surface area contributed by atoms with E-state index >= 15 is 0 Å². The Bertz CT molecular complexity index is 402. The molecule has 1 aromatic heterocycles. The monoisotopic (exact) mass is 232 g/mol. The first kappa shape index (κ1) is 11.9. The zero-order valence-corrected chi connectivity index (χ0v) is 10.3. The summed E-state index contributed by atoms with van der Waals surface area (Å²) in [6.07, 6.45) is 5.46. The average Bonchev–Trinajstić information content (AvgIpc) is 2.78. The van der Waals surface area contributed by atoms with Crippen molar-refractivity contribution >= 4 is 11.5 Å². The Hall–Kier alpha value is -1.58. The van der Waals surface area contributed by atoms with Gasteiger partial charge >= 0.3 is 0 Å². The minimum Gasteiger partial charge on any atom is -0.382 e. The Balaban J connectivity index is 2.16. The SMILES string of the molecule is CCCC1CCN(c2cccnc2C(=N)N)C1. The molecule has 17 heavy (non-hydrogen) atoms. The summed E-state index contributed by atoms with van der Waals surface area (Å²) in [7, 11) is 0. The van der Waals surface area contributed by atoms with Gasteiger partial charge in [0.25, 0.3) is 0 Å². The van der Waals surface area contributed by atoms with Crippen LogP contribution in [-0.2, 0) is 0 Å². The molecular weight excluding hydrogens is 212 g/mol. The number of pyridine rings is 1. The second-order valence-corrected chi connectivity index (χ2v) is 4.67. The molecule has 1 aromatic rings. The van der Waals surface area contributed by atoms with E-state index in [1.165, 1.54) is 19.3 Å². The number of hydrogen-bond acceptors (Lipinski definition) is 3. The summed E-state index contributed by atoms with van der Waals surface area (Å²) in [6.45, 7) is 4.35. The average molecular weight is 232 g/mol. The number of anilines is 1. The molecule has 1 fully saturated rings. The second kappa shape index (κ2) is 5.17. The molecule has 2 rings (SSSR count). The molecule has 4 heteroatoms. The van der Waals surface area contributed by atoms with Crippen molar-refractivity contribution in [2.45, 2.75) is 26.2 Å². The molecule has 3 N–H and O–H groups in total. The van der Waals surface area contributed by atoms with E-state index in [0.717, 1.165) is 24.7 Å². The van der Waals surface area contributed by atoms with Crippen molar-refractivity contribution in [2.24, 2.45) is 11.7 Å². The summed E-state index contributed by atoms with van der Waals surface area (Å²) in [4.78, 5) is 6.51. The molecule has 0 aromatic carbocycles. The molecule has 4 nitrogen and oxygen atoms in total. The number of amidine groups is 1. The number of aromatic nitrogens is 1. The molecule has 0 amide bonds. The molecule has 0 spiro atoms. The molecule has 1 aliphatic rings. The van der Waals surface area contributed by atoms with Crippen LogP contribution in [-0.4, -0.2) is 23.9 Å². The van der Waals surface area contributed by atoms with Crippen LogP contribution in [0.15, 0.2) is 18.3 Å². The van der Waals surface area contributed by atoms with Crippen LogP contribution in [0.1, 0.15) is 31.9 Å². The summed E-state index contributed by atoms with van der Waals surface area (Å²) < 4.78 is 0. The van der Waals surface area contributed by atoms with Crippen molar-refractivity contribution < 1.29 is 0 Å². The van der Waals surface area contributed by atoms with Crippen LogP contribution in [0.25, 0.3) is 0 Å². The highest BCUT2D eigenvalue weighted by atomic mass is 15.2. The summed E-state index contributed by atoms with van der Waals surface area (Å²) in [5.74, 6) is 0.833. The molecular formula is C13H20N4. The van der Waals surface area contributed by atoms with Gasteiger partial charge in [-0.25, -0.2) is 0 Å². The Labute approximate surface area is 102 Å². The van der Waals surface area contributed by atoms with E-state index in [9.17, 15) is 0 Å². The minimum absolute atomic E-state index is 0.0551. The van der Waals surface area contributed by atoms with Gasteiger partial charge in [0, 0.05) is 19.3 Å². The predicted molar refractivity (Wildman–Crippen MR) is 70.5 cm³/mol.